The molecule has 0 aliphatic rings. The molecule has 0 fully saturated rings. The first-order valence-corrected chi connectivity index (χ1v) is 9.06. The zero-order valence-electron chi connectivity index (χ0n) is 13.6. The first-order valence-electron chi connectivity index (χ1n) is 7.70. The third kappa shape index (κ3) is 4.61. The molecule has 0 aliphatic carbocycles. The van der Waals surface area contributed by atoms with Gasteiger partial charge >= 0.3 is 0 Å². The second-order valence-corrected chi connectivity index (χ2v) is 6.85. The van der Waals surface area contributed by atoms with Crippen molar-refractivity contribution in [1.82, 2.24) is 20.1 Å². The van der Waals surface area contributed by atoms with Gasteiger partial charge in [0.25, 0.3) is 0 Å². The molecule has 0 radical (unpaired) electrons. The van der Waals surface area contributed by atoms with E-state index < -0.39 is 0 Å². The summed E-state index contributed by atoms with van der Waals surface area (Å²) in [7, 11) is 1.85. The quantitative estimate of drug-likeness (QED) is 0.673. The molecule has 5 nitrogen and oxygen atoms in total. The monoisotopic (exact) mass is 372 g/mol. The van der Waals surface area contributed by atoms with Crippen molar-refractivity contribution in [1.29, 1.82) is 0 Å². The van der Waals surface area contributed by atoms with E-state index in [9.17, 15) is 4.79 Å². The molecule has 1 aromatic heterocycles. The topological polar surface area (TPSA) is 59.8 Å². The van der Waals surface area contributed by atoms with Crippen molar-refractivity contribution in [2.75, 3.05) is 5.75 Å². The minimum atomic E-state index is -0.230. The second-order valence-electron chi connectivity index (χ2n) is 5.48. The average Bonchev–Trinajstić information content (AvgIpc) is 3.04. The lowest BCUT2D eigenvalue weighted by atomic mass is 9.99. The normalized spacial score (nSPS) is 11.9. The molecule has 3 aromatic rings. The van der Waals surface area contributed by atoms with Gasteiger partial charge in [0.15, 0.2) is 5.16 Å². The summed E-state index contributed by atoms with van der Waals surface area (Å²) in [5.74, 6) is 0.195. The van der Waals surface area contributed by atoms with E-state index in [-0.39, 0.29) is 17.7 Å². The Morgan fingerprint density at radius 1 is 1.16 bits per heavy atom. The Balaban J connectivity index is 1.74. The molecule has 1 N–H and O–H groups in total. The number of carbonyl (C=O) groups excluding carboxylic acids is 1. The number of nitrogens with one attached hydrogen (secondary N) is 1. The highest BCUT2D eigenvalue weighted by Gasteiger charge is 2.17. The molecule has 1 unspecified atom stereocenters. The molecule has 1 heterocycles. The zero-order valence-corrected chi connectivity index (χ0v) is 15.2. The summed E-state index contributed by atoms with van der Waals surface area (Å²) < 4.78 is 1.78. The lowest BCUT2D eigenvalue weighted by Gasteiger charge is -2.20. The number of nitrogens with zero attached hydrogens (tertiary/aromatic N) is 3. The summed E-state index contributed by atoms with van der Waals surface area (Å²) in [6, 6.07) is 17.1. The minimum Gasteiger partial charge on any atom is -0.344 e. The van der Waals surface area contributed by atoms with E-state index in [0.717, 1.165) is 11.1 Å². The van der Waals surface area contributed by atoms with Crippen LogP contribution in [0, 0.1) is 0 Å². The first kappa shape index (κ1) is 17.5. The maximum absolute atomic E-state index is 12.5. The Hall–Kier alpha value is -2.31. The van der Waals surface area contributed by atoms with Crippen LogP contribution in [0.4, 0.5) is 0 Å². The smallest absolute Gasteiger partial charge is 0.231 e. The van der Waals surface area contributed by atoms with Gasteiger partial charge in [-0.2, -0.15) is 0 Å². The van der Waals surface area contributed by atoms with Crippen LogP contribution >= 0.6 is 23.4 Å². The molecule has 3 rings (SSSR count). The van der Waals surface area contributed by atoms with Crippen molar-refractivity contribution in [2.45, 2.75) is 11.2 Å². The fraction of sp³-hybridized carbons (Fsp3) is 0.167. The number of halogens is 1. The Morgan fingerprint density at radius 3 is 2.48 bits per heavy atom. The molecule has 1 atom stereocenters. The van der Waals surface area contributed by atoms with E-state index in [0.29, 0.717) is 10.2 Å². The maximum atomic E-state index is 12.5. The van der Waals surface area contributed by atoms with Crippen LogP contribution in [-0.2, 0) is 11.8 Å². The molecule has 0 aliphatic heterocycles. The standard InChI is InChI=1S/C18H17ClN4OS/c1-23-12-20-22-18(23)25-11-16(24)21-17(13-5-3-2-4-6-13)14-7-9-15(19)10-8-14/h2-10,12,17H,11H2,1H3,(H,21,24). The van der Waals surface area contributed by atoms with Crippen molar-refractivity contribution in [3.63, 3.8) is 0 Å². The lowest BCUT2D eigenvalue weighted by Crippen LogP contribution is -2.30. The van der Waals surface area contributed by atoms with Gasteiger partial charge in [0.1, 0.15) is 6.33 Å². The van der Waals surface area contributed by atoms with Gasteiger partial charge < -0.3 is 9.88 Å². The molecule has 0 spiro atoms. The Bertz CT molecular complexity index is 836. The maximum Gasteiger partial charge on any atom is 0.231 e. The Kier molecular flexibility index (Phi) is 5.73. The van der Waals surface area contributed by atoms with Crippen LogP contribution in [0.3, 0.4) is 0 Å². The summed E-state index contributed by atoms with van der Waals surface area (Å²) in [5.41, 5.74) is 1.99. The van der Waals surface area contributed by atoms with Gasteiger partial charge in [-0.15, -0.1) is 10.2 Å². The van der Waals surface area contributed by atoms with E-state index in [2.05, 4.69) is 15.5 Å². The molecule has 128 valence electrons. The fourth-order valence-corrected chi connectivity index (χ4v) is 3.22. The van der Waals surface area contributed by atoms with E-state index in [1.807, 2.05) is 61.6 Å². The summed E-state index contributed by atoms with van der Waals surface area (Å²) in [6.45, 7) is 0. The van der Waals surface area contributed by atoms with Crippen molar-refractivity contribution in [2.24, 2.45) is 7.05 Å². The predicted molar refractivity (Wildman–Crippen MR) is 99.6 cm³/mol. The van der Waals surface area contributed by atoms with Gasteiger partial charge in [0, 0.05) is 12.1 Å². The highest BCUT2D eigenvalue weighted by molar-refractivity contribution is 7.99. The minimum absolute atomic E-state index is 0.0724. The van der Waals surface area contributed by atoms with Gasteiger partial charge in [-0.1, -0.05) is 65.8 Å². The number of aryl methyl sites for hydroxylation is 1. The molecular formula is C18H17ClN4OS. The van der Waals surface area contributed by atoms with Crippen molar-refractivity contribution >= 4 is 29.3 Å². The number of rotatable bonds is 6. The number of benzene rings is 2. The van der Waals surface area contributed by atoms with Crippen LogP contribution in [0.1, 0.15) is 17.2 Å². The highest BCUT2D eigenvalue weighted by atomic mass is 35.5. The highest BCUT2D eigenvalue weighted by Crippen LogP contribution is 2.24. The molecule has 1 amide bonds. The third-order valence-corrected chi connectivity index (χ3v) is 4.93. The molecule has 25 heavy (non-hydrogen) atoms. The van der Waals surface area contributed by atoms with Crippen LogP contribution in [0.5, 0.6) is 0 Å². The second kappa shape index (κ2) is 8.18. The number of aromatic nitrogens is 3. The van der Waals surface area contributed by atoms with Crippen LogP contribution in [0.2, 0.25) is 5.02 Å². The number of carbonyl (C=O) groups is 1. The van der Waals surface area contributed by atoms with Crippen LogP contribution in [0.15, 0.2) is 66.1 Å². The molecular weight excluding hydrogens is 356 g/mol. The fourth-order valence-electron chi connectivity index (χ4n) is 2.40. The Labute approximate surface area is 155 Å². The molecule has 7 heteroatoms. The predicted octanol–water partition coefficient (Wildman–Crippen LogP) is 3.47. The van der Waals surface area contributed by atoms with Crippen LogP contribution < -0.4 is 5.32 Å². The van der Waals surface area contributed by atoms with Gasteiger partial charge in [-0.05, 0) is 23.3 Å². The van der Waals surface area contributed by atoms with Crippen LogP contribution in [0.25, 0.3) is 0 Å². The molecule has 0 bridgehead atoms. The number of amides is 1. The summed E-state index contributed by atoms with van der Waals surface area (Å²) in [5, 5.41) is 12.2. The largest absolute Gasteiger partial charge is 0.344 e. The first-order chi connectivity index (χ1) is 12.1. The molecule has 0 saturated heterocycles. The third-order valence-electron chi connectivity index (χ3n) is 3.64. The van der Waals surface area contributed by atoms with Gasteiger partial charge in [0.2, 0.25) is 5.91 Å². The Morgan fingerprint density at radius 2 is 1.84 bits per heavy atom. The van der Waals surface area contributed by atoms with Crippen molar-refractivity contribution in [3.05, 3.63) is 77.1 Å². The van der Waals surface area contributed by atoms with Gasteiger partial charge in [-0.25, -0.2) is 0 Å². The lowest BCUT2D eigenvalue weighted by molar-refractivity contribution is -0.119. The average molecular weight is 373 g/mol. The SMILES string of the molecule is Cn1cnnc1SCC(=O)NC(c1ccccc1)c1ccc(Cl)cc1. The van der Waals surface area contributed by atoms with Gasteiger partial charge in [-0.3, -0.25) is 4.79 Å². The summed E-state index contributed by atoms with van der Waals surface area (Å²) in [6.07, 6.45) is 1.61. The zero-order chi connectivity index (χ0) is 17.6. The number of thioether (sulfide) groups is 1. The molecule has 0 saturated carbocycles. The number of hydrogen-bond donors (Lipinski definition) is 1. The van der Waals surface area contributed by atoms with Crippen molar-refractivity contribution in [3.8, 4) is 0 Å². The summed E-state index contributed by atoms with van der Waals surface area (Å²) in [4.78, 5) is 12.5. The van der Waals surface area contributed by atoms with Crippen LogP contribution in [-0.4, -0.2) is 26.4 Å². The van der Waals surface area contributed by atoms with E-state index >= 15 is 0 Å². The van der Waals surface area contributed by atoms with Gasteiger partial charge in [0.05, 0.1) is 11.8 Å². The molecule has 2 aromatic carbocycles. The van der Waals surface area contributed by atoms with E-state index in [4.69, 9.17) is 11.6 Å². The number of hydrogen-bond acceptors (Lipinski definition) is 4. The van der Waals surface area contributed by atoms with E-state index in [1.54, 1.807) is 10.9 Å². The van der Waals surface area contributed by atoms with Crippen molar-refractivity contribution < 1.29 is 4.79 Å². The van der Waals surface area contributed by atoms with E-state index in [1.165, 1.54) is 11.8 Å². The summed E-state index contributed by atoms with van der Waals surface area (Å²) >= 11 is 7.34.